The van der Waals surface area contributed by atoms with Crippen molar-refractivity contribution in [3.05, 3.63) is 40.2 Å². The van der Waals surface area contributed by atoms with Gasteiger partial charge in [-0.1, -0.05) is 6.92 Å². The molecule has 2 aromatic rings. The van der Waals surface area contributed by atoms with Gasteiger partial charge in [-0.15, -0.1) is 0 Å². The van der Waals surface area contributed by atoms with Gasteiger partial charge in [-0.25, -0.2) is 9.37 Å². The molecule has 0 aliphatic heterocycles. The number of H-pyrrole nitrogens is 1. The number of hydrogen-bond donors (Lipinski definition) is 1. The number of nitrogens with one attached hydrogen (secondary N) is 1. The summed E-state index contributed by atoms with van der Waals surface area (Å²) in [6.45, 7) is 2.01. The van der Waals surface area contributed by atoms with E-state index in [1.807, 2.05) is 6.92 Å². The summed E-state index contributed by atoms with van der Waals surface area (Å²) in [5, 5.41) is 0.301. The molecule has 15 heavy (non-hydrogen) atoms. The van der Waals surface area contributed by atoms with E-state index in [1.54, 1.807) is 0 Å². The van der Waals surface area contributed by atoms with Crippen molar-refractivity contribution in [3.63, 3.8) is 0 Å². The van der Waals surface area contributed by atoms with Gasteiger partial charge in [0.25, 0.3) is 5.56 Å². The Morgan fingerprint density at radius 2 is 2.27 bits per heavy atom. The summed E-state index contributed by atoms with van der Waals surface area (Å²) in [7, 11) is 0. The molecule has 0 saturated carbocycles. The number of aryl methyl sites for hydroxylation is 1. The minimum Gasteiger partial charge on any atom is -0.310 e. The summed E-state index contributed by atoms with van der Waals surface area (Å²) >= 11 is 0. The van der Waals surface area contributed by atoms with Crippen molar-refractivity contribution in [1.29, 1.82) is 0 Å². The molecule has 0 radical (unpaired) electrons. The lowest BCUT2D eigenvalue weighted by atomic mass is 10.2. The molecule has 0 aliphatic carbocycles. The van der Waals surface area contributed by atoms with E-state index < -0.39 is 5.82 Å². The number of nitrogens with zero attached hydrogens (tertiary/aromatic N) is 1. The fraction of sp³-hybridized carbons (Fsp3) is 0.273. The van der Waals surface area contributed by atoms with Crippen molar-refractivity contribution in [2.75, 3.05) is 0 Å². The van der Waals surface area contributed by atoms with Crippen molar-refractivity contribution >= 4 is 10.9 Å². The lowest BCUT2D eigenvalue weighted by molar-refractivity contribution is 0.629. The zero-order valence-electron chi connectivity index (χ0n) is 8.38. The predicted molar refractivity (Wildman–Crippen MR) is 56.3 cm³/mol. The Morgan fingerprint density at radius 1 is 1.47 bits per heavy atom. The Morgan fingerprint density at radius 3 is 3.00 bits per heavy atom. The van der Waals surface area contributed by atoms with Crippen LogP contribution in [0.15, 0.2) is 23.0 Å². The first kappa shape index (κ1) is 9.83. The van der Waals surface area contributed by atoms with E-state index in [4.69, 9.17) is 0 Å². The molecule has 1 aromatic carbocycles. The highest BCUT2D eigenvalue weighted by Crippen LogP contribution is 2.09. The van der Waals surface area contributed by atoms with Crippen molar-refractivity contribution in [2.45, 2.75) is 19.8 Å². The molecular formula is C11H11FN2O. The molecule has 1 heterocycles. The third-order valence-corrected chi connectivity index (χ3v) is 2.20. The molecule has 0 saturated heterocycles. The SMILES string of the molecule is CCCc1nc2ccc(F)cc2c(=O)[nH]1. The van der Waals surface area contributed by atoms with Crippen LogP contribution in [0, 0.1) is 5.82 Å². The maximum atomic E-state index is 12.9. The summed E-state index contributed by atoms with van der Waals surface area (Å²) in [5.41, 5.74) is 0.270. The Hall–Kier alpha value is -1.71. The topological polar surface area (TPSA) is 45.8 Å². The Balaban J connectivity index is 2.67. The number of rotatable bonds is 2. The molecule has 0 atom stereocenters. The number of fused-ring (bicyclic) bond motifs is 1. The van der Waals surface area contributed by atoms with E-state index in [2.05, 4.69) is 9.97 Å². The van der Waals surface area contributed by atoms with Gasteiger partial charge in [0.05, 0.1) is 10.9 Å². The van der Waals surface area contributed by atoms with Crippen LogP contribution in [0.25, 0.3) is 10.9 Å². The fourth-order valence-electron chi connectivity index (χ4n) is 1.51. The van der Waals surface area contributed by atoms with E-state index in [9.17, 15) is 9.18 Å². The van der Waals surface area contributed by atoms with Crippen LogP contribution in [0.3, 0.4) is 0 Å². The molecule has 4 heteroatoms. The molecule has 3 nitrogen and oxygen atoms in total. The molecular weight excluding hydrogens is 195 g/mol. The van der Waals surface area contributed by atoms with Crippen molar-refractivity contribution in [2.24, 2.45) is 0 Å². The largest absolute Gasteiger partial charge is 0.310 e. The highest BCUT2D eigenvalue weighted by molar-refractivity contribution is 5.77. The van der Waals surface area contributed by atoms with Gasteiger partial charge < -0.3 is 4.98 Å². The van der Waals surface area contributed by atoms with Crippen LogP contribution in [-0.2, 0) is 6.42 Å². The van der Waals surface area contributed by atoms with Crippen LogP contribution >= 0.6 is 0 Å². The smallest absolute Gasteiger partial charge is 0.258 e. The van der Waals surface area contributed by atoms with E-state index in [0.717, 1.165) is 12.8 Å². The van der Waals surface area contributed by atoms with Gasteiger partial charge in [-0.3, -0.25) is 4.79 Å². The summed E-state index contributed by atoms with van der Waals surface area (Å²) in [6.07, 6.45) is 1.64. The fourth-order valence-corrected chi connectivity index (χ4v) is 1.51. The standard InChI is InChI=1S/C11H11FN2O/c1-2-3-10-13-9-5-4-7(12)6-8(9)11(15)14-10/h4-6H,2-3H2,1H3,(H,13,14,15). The Kier molecular flexibility index (Phi) is 2.49. The number of benzene rings is 1. The van der Waals surface area contributed by atoms with Gasteiger partial charge in [0.2, 0.25) is 0 Å². The van der Waals surface area contributed by atoms with Gasteiger partial charge in [-0.2, -0.15) is 0 Å². The minimum absolute atomic E-state index is 0.275. The Bertz CT molecular complexity index is 548. The lowest BCUT2D eigenvalue weighted by Gasteiger charge is -2.01. The second-order valence-corrected chi connectivity index (χ2v) is 3.42. The monoisotopic (exact) mass is 206 g/mol. The number of aromatic nitrogens is 2. The summed E-state index contributed by atoms with van der Waals surface area (Å²) < 4.78 is 12.9. The van der Waals surface area contributed by atoms with E-state index in [1.165, 1.54) is 18.2 Å². The lowest BCUT2D eigenvalue weighted by Crippen LogP contribution is -2.11. The zero-order chi connectivity index (χ0) is 10.8. The van der Waals surface area contributed by atoms with Crippen molar-refractivity contribution < 1.29 is 4.39 Å². The molecule has 78 valence electrons. The average Bonchev–Trinajstić information content (AvgIpc) is 2.20. The van der Waals surface area contributed by atoms with Gasteiger partial charge in [-0.05, 0) is 24.6 Å². The molecule has 0 fully saturated rings. The van der Waals surface area contributed by atoms with Gasteiger partial charge in [0.15, 0.2) is 0 Å². The highest BCUT2D eigenvalue weighted by atomic mass is 19.1. The molecule has 0 amide bonds. The Labute approximate surface area is 86.0 Å². The van der Waals surface area contributed by atoms with Crippen LogP contribution in [0.1, 0.15) is 19.2 Å². The van der Waals surface area contributed by atoms with Crippen molar-refractivity contribution in [1.82, 2.24) is 9.97 Å². The van der Waals surface area contributed by atoms with Crippen LogP contribution in [0.2, 0.25) is 0 Å². The van der Waals surface area contributed by atoms with Gasteiger partial charge in [0, 0.05) is 6.42 Å². The number of halogens is 1. The van der Waals surface area contributed by atoms with Crippen LogP contribution < -0.4 is 5.56 Å². The second kappa shape index (κ2) is 3.81. The summed E-state index contributed by atoms with van der Waals surface area (Å²) in [6, 6.07) is 4.04. The van der Waals surface area contributed by atoms with Crippen LogP contribution in [0.5, 0.6) is 0 Å². The minimum atomic E-state index is -0.418. The first-order valence-corrected chi connectivity index (χ1v) is 4.89. The van der Waals surface area contributed by atoms with E-state index >= 15 is 0 Å². The zero-order valence-corrected chi connectivity index (χ0v) is 8.38. The van der Waals surface area contributed by atoms with Gasteiger partial charge >= 0.3 is 0 Å². The van der Waals surface area contributed by atoms with Crippen LogP contribution in [0.4, 0.5) is 4.39 Å². The third-order valence-electron chi connectivity index (χ3n) is 2.20. The maximum absolute atomic E-state index is 12.9. The normalized spacial score (nSPS) is 10.8. The third kappa shape index (κ3) is 1.88. The quantitative estimate of drug-likeness (QED) is 0.817. The molecule has 0 spiro atoms. The summed E-state index contributed by atoms with van der Waals surface area (Å²) in [4.78, 5) is 18.5. The molecule has 0 bridgehead atoms. The summed E-state index contributed by atoms with van der Waals surface area (Å²) in [5.74, 6) is 0.236. The average molecular weight is 206 g/mol. The van der Waals surface area contributed by atoms with Crippen LogP contribution in [-0.4, -0.2) is 9.97 Å². The first-order chi connectivity index (χ1) is 7.20. The van der Waals surface area contributed by atoms with Gasteiger partial charge in [0.1, 0.15) is 11.6 Å². The molecule has 1 aromatic heterocycles. The van der Waals surface area contributed by atoms with E-state index in [0.29, 0.717) is 16.7 Å². The first-order valence-electron chi connectivity index (χ1n) is 4.89. The second-order valence-electron chi connectivity index (χ2n) is 3.42. The maximum Gasteiger partial charge on any atom is 0.258 e. The highest BCUT2D eigenvalue weighted by Gasteiger charge is 2.03. The molecule has 0 aliphatic rings. The van der Waals surface area contributed by atoms with Crippen molar-refractivity contribution in [3.8, 4) is 0 Å². The predicted octanol–water partition coefficient (Wildman–Crippen LogP) is 2.01. The van der Waals surface area contributed by atoms with E-state index in [-0.39, 0.29) is 5.56 Å². The number of hydrogen-bond acceptors (Lipinski definition) is 2. The molecule has 0 unspecified atom stereocenters. The molecule has 2 rings (SSSR count). The molecule has 1 N–H and O–H groups in total. The number of aromatic amines is 1.